The smallest absolute Gasteiger partial charge is 0.255 e. The van der Waals surface area contributed by atoms with Crippen molar-refractivity contribution in [3.8, 4) is 0 Å². The van der Waals surface area contributed by atoms with Crippen LogP contribution in [0, 0.1) is 5.82 Å². The Balaban J connectivity index is 2.23. The van der Waals surface area contributed by atoms with Gasteiger partial charge in [0.15, 0.2) is 5.78 Å². The number of anilines is 1. The molecule has 0 aliphatic carbocycles. The van der Waals surface area contributed by atoms with Crippen molar-refractivity contribution in [1.29, 1.82) is 0 Å². The second-order valence-electron chi connectivity index (χ2n) is 4.07. The van der Waals surface area contributed by atoms with Crippen LogP contribution in [0.25, 0.3) is 0 Å². The molecule has 0 fully saturated rings. The number of halogens is 1. The van der Waals surface area contributed by atoms with Gasteiger partial charge in [-0.25, -0.2) is 4.39 Å². The number of Topliss-reactive ketones (excluding diaryl/α,β-unsaturated/α-hetero) is 1. The van der Waals surface area contributed by atoms with Crippen LogP contribution < -0.4 is 5.32 Å². The molecule has 4 heteroatoms. The first-order chi connectivity index (χ1) is 9.08. The van der Waals surface area contributed by atoms with Gasteiger partial charge in [0.25, 0.3) is 5.91 Å². The Morgan fingerprint density at radius 3 is 2.37 bits per heavy atom. The van der Waals surface area contributed by atoms with Crippen molar-refractivity contribution in [3.63, 3.8) is 0 Å². The highest BCUT2D eigenvalue weighted by molar-refractivity contribution is 6.05. The van der Waals surface area contributed by atoms with Gasteiger partial charge in [-0.3, -0.25) is 9.59 Å². The summed E-state index contributed by atoms with van der Waals surface area (Å²) in [7, 11) is 0. The molecule has 2 rings (SSSR count). The van der Waals surface area contributed by atoms with E-state index in [0.717, 1.165) is 6.07 Å². The van der Waals surface area contributed by atoms with E-state index >= 15 is 0 Å². The Hall–Kier alpha value is -2.49. The maximum atomic E-state index is 13.3. The first-order valence-electron chi connectivity index (χ1n) is 5.75. The standard InChI is InChI=1S/C15H12FNO2/c1-10(18)13-9-12(7-8-14(13)16)17-15(19)11-5-3-2-4-6-11/h2-9H,1H3,(H,17,19). The Morgan fingerprint density at radius 2 is 1.74 bits per heavy atom. The zero-order chi connectivity index (χ0) is 13.8. The quantitative estimate of drug-likeness (QED) is 0.858. The summed E-state index contributed by atoms with van der Waals surface area (Å²) < 4.78 is 13.3. The Bertz CT molecular complexity index is 623. The van der Waals surface area contributed by atoms with Gasteiger partial charge < -0.3 is 5.32 Å². The highest BCUT2D eigenvalue weighted by Crippen LogP contribution is 2.16. The van der Waals surface area contributed by atoms with E-state index in [0.29, 0.717) is 11.3 Å². The summed E-state index contributed by atoms with van der Waals surface area (Å²) in [5, 5.41) is 2.62. The second-order valence-corrected chi connectivity index (χ2v) is 4.07. The third-order valence-corrected chi connectivity index (χ3v) is 2.64. The minimum Gasteiger partial charge on any atom is -0.322 e. The minimum absolute atomic E-state index is 0.0362. The van der Waals surface area contributed by atoms with Gasteiger partial charge >= 0.3 is 0 Å². The van der Waals surface area contributed by atoms with E-state index in [1.165, 1.54) is 19.1 Å². The van der Waals surface area contributed by atoms with Gasteiger partial charge in [-0.1, -0.05) is 18.2 Å². The Labute approximate surface area is 110 Å². The van der Waals surface area contributed by atoms with Gasteiger partial charge in [0.1, 0.15) is 5.82 Å². The predicted molar refractivity (Wildman–Crippen MR) is 70.8 cm³/mol. The summed E-state index contributed by atoms with van der Waals surface area (Å²) in [5.74, 6) is -1.28. The molecule has 96 valence electrons. The fourth-order valence-corrected chi connectivity index (χ4v) is 1.67. The SMILES string of the molecule is CC(=O)c1cc(NC(=O)c2ccccc2)ccc1F. The highest BCUT2D eigenvalue weighted by atomic mass is 19.1. The average Bonchev–Trinajstić information content (AvgIpc) is 2.41. The van der Waals surface area contributed by atoms with Gasteiger partial charge in [-0.05, 0) is 37.3 Å². The van der Waals surface area contributed by atoms with Crippen LogP contribution in [0.4, 0.5) is 10.1 Å². The van der Waals surface area contributed by atoms with Gasteiger partial charge in [-0.15, -0.1) is 0 Å². The summed E-state index contributed by atoms with van der Waals surface area (Å²) in [5.41, 5.74) is 0.850. The van der Waals surface area contributed by atoms with Crippen molar-refractivity contribution in [2.75, 3.05) is 5.32 Å². The van der Waals surface area contributed by atoms with E-state index in [1.54, 1.807) is 24.3 Å². The molecule has 0 bridgehead atoms. The largest absolute Gasteiger partial charge is 0.322 e. The molecule has 1 amide bonds. The Kier molecular flexibility index (Phi) is 3.71. The third kappa shape index (κ3) is 3.04. The van der Waals surface area contributed by atoms with Gasteiger partial charge in [0.05, 0.1) is 5.56 Å². The summed E-state index contributed by atoms with van der Waals surface area (Å²) >= 11 is 0. The van der Waals surface area contributed by atoms with Crippen molar-refractivity contribution < 1.29 is 14.0 Å². The van der Waals surface area contributed by atoms with E-state index in [4.69, 9.17) is 0 Å². The molecule has 0 unspecified atom stereocenters. The highest BCUT2D eigenvalue weighted by Gasteiger charge is 2.10. The molecule has 0 atom stereocenters. The molecule has 19 heavy (non-hydrogen) atoms. The fourth-order valence-electron chi connectivity index (χ4n) is 1.67. The molecule has 2 aromatic rings. The molecular weight excluding hydrogens is 245 g/mol. The minimum atomic E-state index is -0.592. The van der Waals surface area contributed by atoms with Crippen LogP contribution in [0.2, 0.25) is 0 Å². The monoisotopic (exact) mass is 257 g/mol. The van der Waals surface area contributed by atoms with Crippen LogP contribution in [0.5, 0.6) is 0 Å². The van der Waals surface area contributed by atoms with E-state index in [-0.39, 0.29) is 17.3 Å². The van der Waals surface area contributed by atoms with Crippen LogP contribution in [-0.2, 0) is 0 Å². The molecule has 0 aliphatic heterocycles. The lowest BCUT2D eigenvalue weighted by Crippen LogP contribution is -2.12. The lowest BCUT2D eigenvalue weighted by Gasteiger charge is -2.07. The van der Waals surface area contributed by atoms with Crippen molar-refractivity contribution in [1.82, 2.24) is 0 Å². The number of carbonyl (C=O) groups excluding carboxylic acids is 2. The molecule has 0 heterocycles. The molecule has 1 N–H and O–H groups in total. The molecule has 0 spiro atoms. The lowest BCUT2D eigenvalue weighted by atomic mass is 10.1. The summed E-state index contributed by atoms with van der Waals surface area (Å²) in [6.45, 7) is 1.28. The molecule has 0 aromatic heterocycles. The van der Waals surface area contributed by atoms with Crippen molar-refractivity contribution in [2.45, 2.75) is 6.92 Å². The van der Waals surface area contributed by atoms with Crippen molar-refractivity contribution in [3.05, 3.63) is 65.5 Å². The number of benzene rings is 2. The van der Waals surface area contributed by atoms with Crippen molar-refractivity contribution >= 4 is 17.4 Å². The molecular formula is C15H12FNO2. The van der Waals surface area contributed by atoms with Gasteiger partial charge in [0, 0.05) is 11.3 Å². The summed E-state index contributed by atoms with van der Waals surface area (Å²) in [6, 6.07) is 12.6. The third-order valence-electron chi connectivity index (χ3n) is 2.64. The first-order valence-corrected chi connectivity index (χ1v) is 5.75. The molecule has 3 nitrogen and oxygen atoms in total. The number of hydrogen-bond donors (Lipinski definition) is 1. The van der Waals surface area contributed by atoms with Crippen molar-refractivity contribution in [2.24, 2.45) is 0 Å². The maximum Gasteiger partial charge on any atom is 0.255 e. The molecule has 0 saturated carbocycles. The number of hydrogen-bond acceptors (Lipinski definition) is 2. The topological polar surface area (TPSA) is 46.2 Å². The van der Waals surface area contributed by atoms with E-state index in [9.17, 15) is 14.0 Å². The number of amides is 1. The zero-order valence-electron chi connectivity index (χ0n) is 10.3. The predicted octanol–water partition coefficient (Wildman–Crippen LogP) is 3.28. The van der Waals surface area contributed by atoms with Gasteiger partial charge in [-0.2, -0.15) is 0 Å². The van der Waals surface area contributed by atoms with E-state index in [1.807, 2.05) is 6.07 Å². The average molecular weight is 257 g/mol. The van der Waals surface area contributed by atoms with Gasteiger partial charge in [0.2, 0.25) is 0 Å². The molecule has 2 aromatic carbocycles. The van der Waals surface area contributed by atoms with Crippen LogP contribution in [-0.4, -0.2) is 11.7 Å². The number of rotatable bonds is 3. The van der Waals surface area contributed by atoms with E-state index < -0.39 is 5.82 Å². The molecule has 0 saturated heterocycles. The summed E-state index contributed by atoms with van der Waals surface area (Å²) in [4.78, 5) is 23.1. The fraction of sp³-hybridized carbons (Fsp3) is 0.0667. The molecule has 0 aliphatic rings. The number of nitrogens with one attached hydrogen (secondary N) is 1. The summed E-state index contributed by atoms with van der Waals surface area (Å²) in [6.07, 6.45) is 0. The van der Waals surface area contributed by atoms with Crippen LogP contribution in [0.15, 0.2) is 48.5 Å². The molecule has 0 radical (unpaired) electrons. The van der Waals surface area contributed by atoms with Crippen LogP contribution in [0.3, 0.4) is 0 Å². The second kappa shape index (κ2) is 5.44. The number of ketones is 1. The normalized spacial score (nSPS) is 10.0. The lowest BCUT2D eigenvalue weighted by molar-refractivity contribution is 0.100. The van der Waals surface area contributed by atoms with E-state index in [2.05, 4.69) is 5.32 Å². The maximum absolute atomic E-state index is 13.3. The zero-order valence-corrected chi connectivity index (χ0v) is 10.3. The van der Waals surface area contributed by atoms with Crippen LogP contribution in [0.1, 0.15) is 27.6 Å². The number of carbonyl (C=O) groups is 2. The van der Waals surface area contributed by atoms with Crippen LogP contribution >= 0.6 is 0 Å². The Morgan fingerprint density at radius 1 is 1.05 bits per heavy atom. The first kappa shape index (κ1) is 13.0.